The molecule has 3 aromatic rings. The van der Waals surface area contributed by atoms with E-state index in [1.54, 1.807) is 41.3 Å². The number of benzene rings is 3. The van der Waals surface area contributed by atoms with E-state index in [0.717, 1.165) is 5.56 Å². The quantitative estimate of drug-likeness (QED) is 0.506. The minimum absolute atomic E-state index is 0.117. The first-order chi connectivity index (χ1) is 17.5. The molecular weight excluding hydrogens is 462 g/mol. The fraction of sp³-hybridized carbons (Fsp3) is 0.222. The molecule has 0 bridgehead atoms. The first-order valence-corrected chi connectivity index (χ1v) is 11.6. The number of hydrogen-bond donors (Lipinski definition) is 2. The fourth-order valence-corrected chi connectivity index (χ4v) is 4.11. The standard InChI is InChI=1S/C27H25N3O6/c31-25(29-20-4-2-1-3-5-20)16-34-22-9-7-21(8-10-22)30-15-19(13-26(30)32)27(33)28-14-18-6-11-23-24(12-18)36-17-35-23/h1-12,19H,13-17H2,(H,28,33)(H,29,31)/t19-/m1/s1. The predicted molar refractivity (Wildman–Crippen MR) is 132 cm³/mol. The highest BCUT2D eigenvalue weighted by Gasteiger charge is 2.35. The number of nitrogens with zero attached hydrogens (tertiary/aromatic N) is 1. The van der Waals surface area contributed by atoms with Crippen molar-refractivity contribution in [2.45, 2.75) is 13.0 Å². The van der Waals surface area contributed by atoms with Crippen molar-refractivity contribution in [3.05, 3.63) is 78.4 Å². The van der Waals surface area contributed by atoms with Gasteiger partial charge in [-0.05, 0) is 54.1 Å². The molecule has 36 heavy (non-hydrogen) atoms. The molecule has 9 heteroatoms. The molecule has 0 saturated carbocycles. The van der Waals surface area contributed by atoms with E-state index in [2.05, 4.69) is 10.6 Å². The lowest BCUT2D eigenvalue weighted by molar-refractivity contribution is -0.126. The number of anilines is 2. The number of rotatable bonds is 8. The van der Waals surface area contributed by atoms with Gasteiger partial charge in [-0.15, -0.1) is 0 Å². The lowest BCUT2D eigenvalue weighted by Crippen LogP contribution is -2.32. The third kappa shape index (κ3) is 5.41. The summed E-state index contributed by atoms with van der Waals surface area (Å²) >= 11 is 0. The van der Waals surface area contributed by atoms with Crippen LogP contribution in [-0.2, 0) is 20.9 Å². The maximum absolute atomic E-state index is 12.7. The number of para-hydroxylation sites is 1. The lowest BCUT2D eigenvalue weighted by atomic mass is 10.1. The first kappa shape index (κ1) is 23.2. The Morgan fingerprint density at radius 1 is 0.972 bits per heavy atom. The zero-order valence-electron chi connectivity index (χ0n) is 19.4. The van der Waals surface area contributed by atoms with Crippen LogP contribution in [0.25, 0.3) is 0 Å². The van der Waals surface area contributed by atoms with Crippen molar-refractivity contribution >= 4 is 29.1 Å². The van der Waals surface area contributed by atoms with Gasteiger partial charge in [0.05, 0.1) is 5.92 Å². The molecule has 0 unspecified atom stereocenters. The number of amides is 3. The van der Waals surface area contributed by atoms with Gasteiger partial charge in [0.15, 0.2) is 18.1 Å². The topological polar surface area (TPSA) is 106 Å². The molecule has 5 rings (SSSR count). The Bertz CT molecular complexity index is 1260. The summed E-state index contributed by atoms with van der Waals surface area (Å²) in [6.07, 6.45) is 0.144. The Morgan fingerprint density at radius 2 is 1.75 bits per heavy atom. The van der Waals surface area contributed by atoms with Crippen LogP contribution in [-0.4, -0.2) is 37.7 Å². The van der Waals surface area contributed by atoms with E-state index in [4.69, 9.17) is 14.2 Å². The Hall–Kier alpha value is -4.53. The summed E-state index contributed by atoms with van der Waals surface area (Å²) in [6, 6.07) is 21.5. The SMILES string of the molecule is O=C(COc1ccc(N2C[C@H](C(=O)NCc3ccc4c(c3)OCO4)CC2=O)cc1)Nc1ccccc1. The Balaban J connectivity index is 1.11. The Labute approximate surface area is 208 Å². The largest absolute Gasteiger partial charge is 0.484 e. The third-order valence-corrected chi connectivity index (χ3v) is 5.98. The van der Waals surface area contributed by atoms with Gasteiger partial charge in [0.2, 0.25) is 18.6 Å². The Morgan fingerprint density at radius 3 is 2.56 bits per heavy atom. The predicted octanol–water partition coefficient (Wildman–Crippen LogP) is 3.10. The highest BCUT2D eigenvalue weighted by molar-refractivity contribution is 6.00. The number of hydrogen-bond acceptors (Lipinski definition) is 6. The molecule has 9 nitrogen and oxygen atoms in total. The molecule has 0 aromatic heterocycles. The van der Waals surface area contributed by atoms with Crippen LogP contribution in [0.15, 0.2) is 72.8 Å². The molecule has 0 aliphatic carbocycles. The summed E-state index contributed by atoms with van der Waals surface area (Å²) in [5, 5.41) is 5.66. The molecule has 2 aliphatic heterocycles. The number of ether oxygens (including phenoxy) is 3. The average molecular weight is 488 g/mol. The van der Waals surface area contributed by atoms with E-state index in [1.165, 1.54) is 0 Å². The van der Waals surface area contributed by atoms with Gasteiger partial charge in [-0.25, -0.2) is 0 Å². The first-order valence-electron chi connectivity index (χ1n) is 11.6. The molecule has 3 amide bonds. The second-order valence-electron chi connectivity index (χ2n) is 8.51. The highest BCUT2D eigenvalue weighted by atomic mass is 16.7. The van der Waals surface area contributed by atoms with E-state index in [1.807, 2.05) is 36.4 Å². The van der Waals surface area contributed by atoms with Crippen molar-refractivity contribution in [2.24, 2.45) is 5.92 Å². The molecule has 2 N–H and O–H groups in total. The summed E-state index contributed by atoms with van der Waals surface area (Å²) in [5.41, 5.74) is 2.26. The Kier molecular flexibility index (Phi) is 6.70. The molecule has 184 valence electrons. The third-order valence-electron chi connectivity index (χ3n) is 5.98. The van der Waals surface area contributed by atoms with E-state index in [-0.39, 0.29) is 37.5 Å². The van der Waals surface area contributed by atoms with Crippen molar-refractivity contribution in [3.63, 3.8) is 0 Å². The van der Waals surface area contributed by atoms with Crippen molar-refractivity contribution in [3.8, 4) is 17.2 Å². The summed E-state index contributed by atoms with van der Waals surface area (Å²) in [5.74, 6) is 0.856. The molecule has 2 heterocycles. The summed E-state index contributed by atoms with van der Waals surface area (Å²) in [7, 11) is 0. The van der Waals surface area contributed by atoms with Gasteiger partial charge in [-0.2, -0.15) is 0 Å². The number of fused-ring (bicyclic) bond motifs is 1. The molecular formula is C27H25N3O6. The van der Waals surface area contributed by atoms with Crippen LogP contribution in [0.5, 0.6) is 17.2 Å². The van der Waals surface area contributed by atoms with Gasteiger partial charge in [0, 0.05) is 30.9 Å². The van der Waals surface area contributed by atoms with Crippen LogP contribution in [0.4, 0.5) is 11.4 Å². The van der Waals surface area contributed by atoms with Gasteiger partial charge in [-0.3, -0.25) is 14.4 Å². The van der Waals surface area contributed by atoms with Gasteiger partial charge >= 0.3 is 0 Å². The van der Waals surface area contributed by atoms with Crippen LogP contribution in [0, 0.1) is 5.92 Å². The average Bonchev–Trinajstić information content (AvgIpc) is 3.53. The van der Waals surface area contributed by atoms with Crippen LogP contribution in [0.3, 0.4) is 0 Å². The maximum atomic E-state index is 12.7. The summed E-state index contributed by atoms with van der Waals surface area (Å²) in [6.45, 7) is 0.694. The van der Waals surface area contributed by atoms with Gasteiger partial charge < -0.3 is 29.7 Å². The molecule has 2 aliphatic rings. The minimum atomic E-state index is -0.441. The van der Waals surface area contributed by atoms with Crippen molar-refractivity contribution in [2.75, 3.05) is 30.2 Å². The lowest BCUT2D eigenvalue weighted by Gasteiger charge is -2.17. The van der Waals surface area contributed by atoms with Crippen molar-refractivity contribution in [1.82, 2.24) is 5.32 Å². The summed E-state index contributed by atoms with van der Waals surface area (Å²) < 4.78 is 16.2. The summed E-state index contributed by atoms with van der Waals surface area (Å²) in [4.78, 5) is 39.0. The molecule has 0 spiro atoms. The normalized spacial score (nSPS) is 16.1. The number of nitrogens with one attached hydrogen (secondary N) is 2. The molecule has 3 aromatic carbocycles. The van der Waals surface area contributed by atoms with Crippen molar-refractivity contribution in [1.29, 1.82) is 0 Å². The second kappa shape index (κ2) is 10.4. The zero-order valence-corrected chi connectivity index (χ0v) is 19.4. The fourth-order valence-electron chi connectivity index (χ4n) is 4.11. The number of carbonyl (C=O) groups is 3. The molecule has 1 saturated heterocycles. The van der Waals surface area contributed by atoms with Crippen molar-refractivity contribution < 1.29 is 28.6 Å². The van der Waals surface area contributed by atoms with E-state index in [0.29, 0.717) is 41.7 Å². The monoisotopic (exact) mass is 487 g/mol. The van der Waals surface area contributed by atoms with E-state index < -0.39 is 5.92 Å². The van der Waals surface area contributed by atoms with Gasteiger partial charge in [0.1, 0.15) is 5.75 Å². The van der Waals surface area contributed by atoms with E-state index >= 15 is 0 Å². The van der Waals surface area contributed by atoms with Gasteiger partial charge in [0.25, 0.3) is 5.91 Å². The maximum Gasteiger partial charge on any atom is 0.262 e. The van der Waals surface area contributed by atoms with Gasteiger partial charge in [-0.1, -0.05) is 24.3 Å². The number of carbonyl (C=O) groups excluding carboxylic acids is 3. The van der Waals surface area contributed by atoms with Crippen LogP contribution >= 0.6 is 0 Å². The highest BCUT2D eigenvalue weighted by Crippen LogP contribution is 2.32. The van der Waals surface area contributed by atoms with Crippen LogP contribution in [0.2, 0.25) is 0 Å². The van der Waals surface area contributed by atoms with Crippen LogP contribution < -0.4 is 29.7 Å². The van der Waals surface area contributed by atoms with Crippen LogP contribution in [0.1, 0.15) is 12.0 Å². The molecule has 0 radical (unpaired) electrons. The van der Waals surface area contributed by atoms with E-state index in [9.17, 15) is 14.4 Å². The second-order valence-corrected chi connectivity index (χ2v) is 8.51. The minimum Gasteiger partial charge on any atom is -0.484 e. The zero-order chi connectivity index (χ0) is 24.9. The molecule has 1 fully saturated rings. The smallest absolute Gasteiger partial charge is 0.262 e. The molecule has 1 atom stereocenters.